The van der Waals surface area contributed by atoms with E-state index in [2.05, 4.69) is 4.98 Å². The van der Waals surface area contributed by atoms with Gasteiger partial charge < -0.3 is 9.47 Å². The first-order chi connectivity index (χ1) is 13.1. The summed E-state index contributed by atoms with van der Waals surface area (Å²) < 4.78 is 1.79. The maximum absolute atomic E-state index is 13.1. The lowest BCUT2D eigenvalue weighted by Crippen LogP contribution is -2.40. The molecule has 1 aromatic carbocycles. The van der Waals surface area contributed by atoms with Gasteiger partial charge in [-0.2, -0.15) is 0 Å². The average molecular weight is 364 g/mol. The summed E-state index contributed by atoms with van der Waals surface area (Å²) in [6, 6.07) is 10.6. The number of amides is 1. The van der Waals surface area contributed by atoms with Crippen molar-refractivity contribution in [1.29, 1.82) is 0 Å². The third kappa shape index (κ3) is 3.28. The van der Waals surface area contributed by atoms with E-state index in [4.69, 9.17) is 0 Å². The minimum atomic E-state index is -0.391. The molecular weight excluding hydrogens is 344 g/mol. The van der Waals surface area contributed by atoms with Crippen molar-refractivity contribution in [2.45, 2.75) is 31.8 Å². The zero-order valence-corrected chi connectivity index (χ0v) is 14.8. The minimum absolute atomic E-state index is 0.0209. The normalized spacial score (nSPS) is 17.2. The summed E-state index contributed by atoms with van der Waals surface area (Å²) in [6.07, 6.45) is 8.30. The van der Waals surface area contributed by atoms with Gasteiger partial charge in [0.25, 0.3) is 5.69 Å². The standard InChI is InChI=1S/C20H20N4O3/c25-20(23-11-2-1-6-17(23)15-5-4-10-21-13-15)14-22-12-9-16-18(22)7-3-8-19(16)24(26)27/h3-5,7-10,12-13,17H,1-2,6,11,14H2/t17-/m0/s1. The number of piperidine rings is 1. The Balaban J connectivity index is 1.61. The summed E-state index contributed by atoms with van der Waals surface area (Å²) >= 11 is 0. The largest absolute Gasteiger partial charge is 0.338 e. The fraction of sp³-hybridized carbons (Fsp3) is 0.300. The molecule has 2 aromatic heterocycles. The Morgan fingerprint density at radius 1 is 1.22 bits per heavy atom. The number of carbonyl (C=O) groups excluding carboxylic acids is 1. The minimum Gasteiger partial charge on any atom is -0.338 e. The quantitative estimate of drug-likeness (QED) is 0.522. The highest BCUT2D eigenvalue weighted by Crippen LogP contribution is 2.31. The Morgan fingerprint density at radius 2 is 2.11 bits per heavy atom. The highest BCUT2D eigenvalue weighted by molar-refractivity contribution is 5.90. The van der Waals surface area contributed by atoms with Crippen LogP contribution in [-0.2, 0) is 11.3 Å². The van der Waals surface area contributed by atoms with Crippen molar-refractivity contribution in [3.8, 4) is 0 Å². The smallest absolute Gasteiger partial charge is 0.278 e. The number of rotatable bonds is 4. The van der Waals surface area contributed by atoms with Crippen molar-refractivity contribution in [1.82, 2.24) is 14.5 Å². The van der Waals surface area contributed by atoms with Gasteiger partial charge in [0.15, 0.2) is 0 Å². The summed E-state index contributed by atoms with van der Waals surface area (Å²) in [5.41, 5.74) is 1.82. The Morgan fingerprint density at radius 3 is 2.89 bits per heavy atom. The predicted octanol–water partition coefficient (Wildman–Crippen LogP) is 3.70. The number of pyridine rings is 1. The van der Waals surface area contributed by atoms with Crippen LogP contribution in [0.5, 0.6) is 0 Å². The van der Waals surface area contributed by atoms with Crippen LogP contribution >= 0.6 is 0 Å². The van der Waals surface area contributed by atoms with Crippen molar-refractivity contribution < 1.29 is 9.72 Å². The fourth-order valence-corrected chi connectivity index (χ4v) is 3.89. The molecule has 138 valence electrons. The lowest BCUT2D eigenvalue weighted by molar-refractivity contribution is -0.383. The Labute approximate surface area is 156 Å². The van der Waals surface area contributed by atoms with Crippen LogP contribution in [0.4, 0.5) is 5.69 Å². The zero-order valence-electron chi connectivity index (χ0n) is 14.8. The number of aromatic nitrogens is 2. The molecule has 27 heavy (non-hydrogen) atoms. The van der Waals surface area contributed by atoms with E-state index in [1.807, 2.05) is 29.3 Å². The van der Waals surface area contributed by atoms with Gasteiger partial charge in [0.1, 0.15) is 6.54 Å². The molecule has 0 aliphatic carbocycles. The number of non-ortho nitro benzene ring substituents is 1. The molecule has 1 fully saturated rings. The second-order valence-corrected chi connectivity index (χ2v) is 6.80. The molecule has 1 aliphatic heterocycles. The van der Waals surface area contributed by atoms with E-state index in [0.717, 1.165) is 31.4 Å². The Kier molecular flexibility index (Phi) is 4.58. The molecule has 0 unspecified atom stereocenters. The van der Waals surface area contributed by atoms with Crippen molar-refractivity contribution in [2.24, 2.45) is 0 Å². The molecule has 7 heteroatoms. The lowest BCUT2D eigenvalue weighted by Gasteiger charge is -2.36. The topological polar surface area (TPSA) is 81.3 Å². The van der Waals surface area contributed by atoms with E-state index in [1.165, 1.54) is 6.07 Å². The summed E-state index contributed by atoms with van der Waals surface area (Å²) in [5.74, 6) is 0.0209. The van der Waals surface area contributed by atoms with Crippen LogP contribution in [0, 0.1) is 10.1 Å². The number of hydrogen-bond acceptors (Lipinski definition) is 4. The number of nitro groups is 1. The number of carbonyl (C=O) groups is 1. The van der Waals surface area contributed by atoms with Crippen molar-refractivity contribution in [3.05, 3.63) is 70.7 Å². The fourth-order valence-electron chi connectivity index (χ4n) is 3.89. The third-order valence-electron chi connectivity index (χ3n) is 5.19. The van der Waals surface area contributed by atoms with Crippen molar-refractivity contribution in [2.75, 3.05) is 6.54 Å². The molecule has 0 bridgehead atoms. The lowest BCUT2D eigenvalue weighted by atomic mass is 9.96. The van der Waals surface area contributed by atoms with Crippen LogP contribution in [0.25, 0.3) is 10.9 Å². The molecule has 0 saturated carbocycles. The first-order valence-electron chi connectivity index (χ1n) is 9.07. The number of fused-ring (bicyclic) bond motifs is 1. The molecule has 1 saturated heterocycles. The second kappa shape index (κ2) is 7.19. The second-order valence-electron chi connectivity index (χ2n) is 6.80. The Hall–Kier alpha value is -3.22. The summed E-state index contributed by atoms with van der Waals surface area (Å²) in [6.45, 7) is 0.888. The van der Waals surface area contributed by atoms with Crippen LogP contribution in [0.1, 0.15) is 30.9 Å². The third-order valence-corrected chi connectivity index (χ3v) is 5.19. The molecule has 0 radical (unpaired) electrons. The number of nitro benzene ring substituents is 1. The SMILES string of the molecule is O=C(Cn1ccc2c([N+](=O)[O-])cccc21)N1CCCC[C@H]1c1cccnc1. The van der Waals surface area contributed by atoms with Gasteiger partial charge in [-0.15, -0.1) is 0 Å². The van der Waals surface area contributed by atoms with Crippen LogP contribution < -0.4 is 0 Å². The Bertz CT molecular complexity index is 983. The van der Waals surface area contributed by atoms with Gasteiger partial charge >= 0.3 is 0 Å². The average Bonchev–Trinajstić information content (AvgIpc) is 3.11. The summed E-state index contributed by atoms with van der Waals surface area (Å²) in [5, 5.41) is 11.8. The summed E-state index contributed by atoms with van der Waals surface area (Å²) in [4.78, 5) is 30.0. The number of nitrogens with zero attached hydrogens (tertiary/aromatic N) is 4. The molecule has 1 atom stereocenters. The van der Waals surface area contributed by atoms with Crippen LogP contribution in [-0.4, -0.2) is 31.8 Å². The monoisotopic (exact) mass is 364 g/mol. The van der Waals surface area contributed by atoms with Gasteiger partial charge in [0, 0.05) is 31.2 Å². The predicted molar refractivity (Wildman–Crippen MR) is 101 cm³/mol. The van der Waals surface area contributed by atoms with E-state index >= 15 is 0 Å². The molecule has 1 amide bonds. The van der Waals surface area contributed by atoms with Crippen LogP contribution in [0.2, 0.25) is 0 Å². The van der Waals surface area contributed by atoms with Gasteiger partial charge in [-0.05, 0) is 43.0 Å². The highest BCUT2D eigenvalue weighted by atomic mass is 16.6. The number of hydrogen-bond donors (Lipinski definition) is 0. The zero-order chi connectivity index (χ0) is 18.8. The molecule has 0 spiro atoms. The van der Waals surface area contributed by atoms with Gasteiger partial charge in [0.05, 0.1) is 21.9 Å². The van der Waals surface area contributed by atoms with Crippen molar-refractivity contribution >= 4 is 22.5 Å². The van der Waals surface area contributed by atoms with Crippen LogP contribution in [0.15, 0.2) is 55.0 Å². The maximum atomic E-state index is 13.1. The van der Waals surface area contributed by atoms with E-state index in [-0.39, 0.29) is 24.2 Å². The first kappa shape index (κ1) is 17.2. The maximum Gasteiger partial charge on any atom is 0.278 e. The van der Waals surface area contributed by atoms with Gasteiger partial charge in [0.2, 0.25) is 5.91 Å². The van der Waals surface area contributed by atoms with Gasteiger partial charge in [-0.3, -0.25) is 19.9 Å². The molecular formula is C20H20N4O3. The van der Waals surface area contributed by atoms with Crippen LogP contribution in [0.3, 0.4) is 0 Å². The number of benzene rings is 1. The first-order valence-corrected chi connectivity index (χ1v) is 9.07. The molecule has 4 rings (SSSR count). The highest BCUT2D eigenvalue weighted by Gasteiger charge is 2.28. The molecule has 7 nitrogen and oxygen atoms in total. The van der Waals surface area contributed by atoms with E-state index in [9.17, 15) is 14.9 Å². The van der Waals surface area contributed by atoms with Crippen molar-refractivity contribution in [3.63, 3.8) is 0 Å². The molecule has 3 heterocycles. The van der Waals surface area contributed by atoms with E-state index in [1.54, 1.807) is 29.1 Å². The van der Waals surface area contributed by atoms with Gasteiger partial charge in [-0.1, -0.05) is 12.1 Å². The van der Waals surface area contributed by atoms with Gasteiger partial charge in [-0.25, -0.2) is 0 Å². The summed E-state index contributed by atoms with van der Waals surface area (Å²) in [7, 11) is 0. The van der Waals surface area contributed by atoms with E-state index in [0.29, 0.717) is 10.9 Å². The number of likely N-dealkylation sites (tertiary alicyclic amines) is 1. The molecule has 1 aliphatic rings. The molecule has 3 aromatic rings. The van der Waals surface area contributed by atoms with E-state index < -0.39 is 4.92 Å². The molecule has 0 N–H and O–H groups in total.